The van der Waals surface area contributed by atoms with Gasteiger partial charge in [0.2, 0.25) is 0 Å². The van der Waals surface area contributed by atoms with Crippen LogP contribution in [0.5, 0.6) is 5.75 Å². The van der Waals surface area contributed by atoms with Gasteiger partial charge < -0.3 is 16.6 Å². The molecule has 0 atom stereocenters. The standard InChI is InChI=1S/C6H6FN.C6H7NO/c2*7-5-1-3-6(8)4-2-5/h1-4H,8H2;1-4,8H,7H2. The molecule has 0 saturated carbocycles. The zero-order valence-corrected chi connectivity index (χ0v) is 8.60. The number of rotatable bonds is 0. The minimum Gasteiger partial charge on any atom is -0.508 e. The molecule has 0 aromatic heterocycles. The first-order valence-electron chi connectivity index (χ1n) is 4.63. The lowest BCUT2D eigenvalue weighted by atomic mass is 10.3. The molecule has 2 aromatic rings. The molecular formula is C12H13FN2O. The highest BCUT2D eigenvalue weighted by Crippen LogP contribution is 2.09. The number of nitrogens with two attached hydrogens (primary N) is 2. The smallest absolute Gasteiger partial charge is 0.123 e. The Morgan fingerprint density at radius 3 is 1.44 bits per heavy atom. The van der Waals surface area contributed by atoms with E-state index in [1.807, 2.05) is 0 Å². The van der Waals surface area contributed by atoms with Crippen LogP contribution in [0, 0.1) is 5.82 Å². The Balaban J connectivity index is 0.000000160. The first-order valence-corrected chi connectivity index (χ1v) is 4.63. The van der Waals surface area contributed by atoms with Crippen LogP contribution in [0.1, 0.15) is 0 Å². The van der Waals surface area contributed by atoms with Gasteiger partial charge in [0.15, 0.2) is 0 Å². The Hall–Kier alpha value is -2.23. The summed E-state index contributed by atoms with van der Waals surface area (Å²) >= 11 is 0. The summed E-state index contributed by atoms with van der Waals surface area (Å²) in [6, 6.07) is 12.1. The second-order valence-electron chi connectivity index (χ2n) is 3.14. The molecule has 0 heterocycles. The fourth-order valence-electron chi connectivity index (χ4n) is 0.937. The highest BCUT2D eigenvalue weighted by Gasteiger charge is 1.84. The number of nitrogen functional groups attached to an aromatic ring is 2. The van der Waals surface area contributed by atoms with Crippen LogP contribution in [0.2, 0.25) is 0 Å². The van der Waals surface area contributed by atoms with Crippen LogP contribution in [0.3, 0.4) is 0 Å². The Morgan fingerprint density at radius 1 is 0.750 bits per heavy atom. The van der Waals surface area contributed by atoms with Crippen molar-refractivity contribution in [3.63, 3.8) is 0 Å². The van der Waals surface area contributed by atoms with Crippen molar-refractivity contribution in [3.8, 4) is 5.75 Å². The van der Waals surface area contributed by atoms with Gasteiger partial charge in [0, 0.05) is 11.4 Å². The van der Waals surface area contributed by atoms with Gasteiger partial charge in [-0.25, -0.2) is 4.39 Å². The molecule has 0 fully saturated rings. The summed E-state index contributed by atoms with van der Waals surface area (Å²) in [6.45, 7) is 0. The normalized spacial score (nSPS) is 9.06. The second kappa shape index (κ2) is 5.60. The molecule has 0 unspecified atom stereocenters. The van der Waals surface area contributed by atoms with Gasteiger partial charge in [-0.05, 0) is 48.5 Å². The molecule has 0 amide bonds. The van der Waals surface area contributed by atoms with Gasteiger partial charge in [-0.15, -0.1) is 0 Å². The molecule has 0 aliphatic rings. The van der Waals surface area contributed by atoms with E-state index in [4.69, 9.17) is 16.6 Å². The number of hydrogen-bond acceptors (Lipinski definition) is 3. The van der Waals surface area contributed by atoms with Crippen molar-refractivity contribution in [1.82, 2.24) is 0 Å². The lowest BCUT2D eigenvalue weighted by Gasteiger charge is -1.89. The maximum Gasteiger partial charge on any atom is 0.123 e. The van der Waals surface area contributed by atoms with Crippen molar-refractivity contribution in [2.24, 2.45) is 0 Å². The number of phenols is 1. The van der Waals surface area contributed by atoms with Gasteiger partial charge in [-0.3, -0.25) is 0 Å². The molecular weight excluding hydrogens is 207 g/mol. The lowest BCUT2D eigenvalue weighted by Crippen LogP contribution is -1.82. The third-order valence-corrected chi connectivity index (χ3v) is 1.76. The molecule has 2 aromatic carbocycles. The van der Waals surface area contributed by atoms with E-state index >= 15 is 0 Å². The zero-order chi connectivity index (χ0) is 12.0. The predicted molar refractivity (Wildman–Crippen MR) is 63.3 cm³/mol. The van der Waals surface area contributed by atoms with Crippen molar-refractivity contribution >= 4 is 11.4 Å². The van der Waals surface area contributed by atoms with Crippen LogP contribution in [-0.2, 0) is 0 Å². The molecule has 5 N–H and O–H groups in total. The van der Waals surface area contributed by atoms with E-state index < -0.39 is 0 Å². The molecule has 16 heavy (non-hydrogen) atoms. The third-order valence-electron chi connectivity index (χ3n) is 1.76. The van der Waals surface area contributed by atoms with Crippen LogP contribution in [0.15, 0.2) is 48.5 Å². The maximum absolute atomic E-state index is 12.0. The number of benzene rings is 2. The van der Waals surface area contributed by atoms with E-state index in [0.717, 1.165) is 0 Å². The average molecular weight is 220 g/mol. The first kappa shape index (κ1) is 11.8. The molecule has 2 rings (SSSR count). The molecule has 3 nitrogen and oxygen atoms in total. The van der Waals surface area contributed by atoms with Gasteiger partial charge in [0.05, 0.1) is 0 Å². The Kier molecular flexibility index (Phi) is 4.15. The fraction of sp³-hybridized carbons (Fsp3) is 0. The Bertz CT molecular complexity index is 340. The van der Waals surface area contributed by atoms with Gasteiger partial charge in [-0.2, -0.15) is 0 Å². The summed E-state index contributed by atoms with van der Waals surface area (Å²) in [7, 11) is 0. The quantitative estimate of drug-likeness (QED) is 0.471. The van der Waals surface area contributed by atoms with Gasteiger partial charge in [0.25, 0.3) is 0 Å². The van der Waals surface area contributed by atoms with E-state index in [-0.39, 0.29) is 11.6 Å². The van der Waals surface area contributed by atoms with Crippen molar-refractivity contribution < 1.29 is 9.50 Å². The minimum absolute atomic E-state index is 0.249. The number of hydrogen-bond donors (Lipinski definition) is 3. The van der Waals surface area contributed by atoms with E-state index in [1.54, 1.807) is 24.3 Å². The van der Waals surface area contributed by atoms with E-state index in [0.29, 0.717) is 11.4 Å². The zero-order valence-electron chi connectivity index (χ0n) is 8.60. The SMILES string of the molecule is Nc1ccc(F)cc1.Nc1ccc(O)cc1. The van der Waals surface area contributed by atoms with Crippen LogP contribution in [-0.4, -0.2) is 5.11 Å². The Morgan fingerprint density at radius 2 is 1.12 bits per heavy atom. The summed E-state index contributed by atoms with van der Waals surface area (Å²) < 4.78 is 12.0. The lowest BCUT2D eigenvalue weighted by molar-refractivity contribution is 0.475. The summed E-state index contributed by atoms with van der Waals surface area (Å²) in [6.07, 6.45) is 0. The van der Waals surface area contributed by atoms with Crippen molar-refractivity contribution in [3.05, 3.63) is 54.3 Å². The van der Waals surface area contributed by atoms with Crippen molar-refractivity contribution in [1.29, 1.82) is 0 Å². The van der Waals surface area contributed by atoms with E-state index in [2.05, 4.69) is 0 Å². The molecule has 0 aliphatic heterocycles. The van der Waals surface area contributed by atoms with Gasteiger partial charge >= 0.3 is 0 Å². The third kappa shape index (κ3) is 4.32. The molecule has 0 spiro atoms. The number of aromatic hydroxyl groups is 1. The molecule has 0 saturated heterocycles. The molecule has 0 aliphatic carbocycles. The van der Waals surface area contributed by atoms with E-state index in [1.165, 1.54) is 24.3 Å². The van der Waals surface area contributed by atoms with Crippen molar-refractivity contribution in [2.45, 2.75) is 0 Å². The predicted octanol–water partition coefficient (Wildman–Crippen LogP) is 2.38. The number of phenolic OH excluding ortho intramolecular Hbond substituents is 1. The molecule has 0 bridgehead atoms. The summed E-state index contributed by atoms with van der Waals surface area (Å²) in [4.78, 5) is 0. The molecule has 4 heteroatoms. The minimum atomic E-state index is -0.251. The summed E-state index contributed by atoms with van der Waals surface area (Å²) in [5, 5.41) is 8.70. The summed E-state index contributed by atoms with van der Waals surface area (Å²) in [5.41, 5.74) is 11.8. The number of halogens is 1. The number of anilines is 2. The van der Waals surface area contributed by atoms with Crippen LogP contribution in [0.25, 0.3) is 0 Å². The van der Waals surface area contributed by atoms with Gasteiger partial charge in [-0.1, -0.05) is 0 Å². The van der Waals surface area contributed by atoms with Crippen LogP contribution in [0.4, 0.5) is 15.8 Å². The second-order valence-corrected chi connectivity index (χ2v) is 3.14. The fourth-order valence-corrected chi connectivity index (χ4v) is 0.937. The highest BCUT2D eigenvalue weighted by atomic mass is 19.1. The Labute approximate surface area is 93.1 Å². The van der Waals surface area contributed by atoms with E-state index in [9.17, 15) is 4.39 Å². The van der Waals surface area contributed by atoms with Crippen molar-refractivity contribution in [2.75, 3.05) is 11.5 Å². The maximum atomic E-state index is 12.0. The molecule has 0 radical (unpaired) electrons. The average Bonchev–Trinajstić information content (AvgIpc) is 2.28. The topological polar surface area (TPSA) is 72.3 Å². The highest BCUT2D eigenvalue weighted by molar-refractivity contribution is 5.40. The first-order chi connectivity index (χ1) is 7.58. The summed E-state index contributed by atoms with van der Waals surface area (Å²) in [5.74, 6) is -0.00148. The van der Waals surface area contributed by atoms with Crippen LogP contribution >= 0.6 is 0 Å². The monoisotopic (exact) mass is 220 g/mol. The van der Waals surface area contributed by atoms with Gasteiger partial charge in [0.1, 0.15) is 11.6 Å². The molecule has 84 valence electrons. The van der Waals surface area contributed by atoms with Crippen LogP contribution < -0.4 is 11.5 Å². The largest absolute Gasteiger partial charge is 0.508 e.